The van der Waals surface area contributed by atoms with E-state index in [9.17, 15) is 14.4 Å². The van der Waals surface area contributed by atoms with E-state index in [1.54, 1.807) is 38.1 Å². The van der Waals surface area contributed by atoms with Gasteiger partial charge in [0.25, 0.3) is 0 Å². The summed E-state index contributed by atoms with van der Waals surface area (Å²) in [6.45, 7) is 3.66. The Labute approximate surface area is 145 Å². The predicted octanol–water partition coefficient (Wildman–Crippen LogP) is 1.54. The fourth-order valence-corrected chi connectivity index (χ4v) is 3.99. The van der Waals surface area contributed by atoms with Gasteiger partial charge in [-0.15, -0.1) is 0 Å². The summed E-state index contributed by atoms with van der Waals surface area (Å²) in [5, 5.41) is 3.75. The number of amides is 2. The van der Waals surface area contributed by atoms with Gasteiger partial charge in [-0.05, 0) is 31.5 Å². The summed E-state index contributed by atoms with van der Waals surface area (Å²) < 4.78 is 4.90. The van der Waals surface area contributed by atoms with Crippen LogP contribution in [-0.4, -0.2) is 41.9 Å². The number of hydrogen-bond donors (Lipinski definition) is 1. The Morgan fingerprint density at radius 3 is 2.46 bits per heavy atom. The first-order chi connectivity index (χ1) is 11.3. The topological polar surface area (TPSA) is 75.7 Å². The normalized spacial score (nSPS) is 32.2. The van der Waals surface area contributed by atoms with Crippen molar-refractivity contribution in [1.29, 1.82) is 0 Å². The molecule has 1 N–H and O–H groups in total. The Bertz CT molecular complexity index is 705. The fourth-order valence-electron chi connectivity index (χ4n) is 3.87. The van der Waals surface area contributed by atoms with E-state index in [1.165, 1.54) is 12.0 Å². The summed E-state index contributed by atoms with van der Waals surface area (Å²) in [7, 11) is 1.28. The third kappa shape index (κ3) is 2.24. The number of esters is 1. The van der Waals surface area contributed by atoms with Gasteiger partial charge in [0.1, 0.15) is 5.54 Å². The molecule has 2 fully saturated rings. The lowest BCUT2D eigenvalue weighted by Crippen LogP contribution is -2.53. The molecular formula is C17H19ClN2O4. The molecule has 0 saturated carbocycles. The number of nitrogens with zero attached hydrogens (tertiary/aromatic N) is 1. The van der Waals surface area contributed by atoms with Crippen LogP contribution in [0.1, 0.15) is 25.5 Å². The highest BCUT2D eigenvalue weighted by Gasteiger charge is 2.66. The third-order valence-corrected chi connectivity index (χ3v) is 5.29. The van der Waals surface area contributed by atoms with E-state index in [1.807, 2.05) is 0 Å². The average Bonchev–Trinajstić information content (AvgIpc) is 3.02. The molecular weight excluding hydrogens is 332 g/mol. The van der Waals surface area contributed by atoms with Gasteiger partial charge < -0.3 is 4.74 Å². The van der Waals surface area contributed by atoms with Gasteiger partial charge >= 0.3 is 5.97 Å². The minimum atomic E-state index is -1.25. The molecule has 1 aromatic carbocycles. The molecule has 0 unspecified atom stereocenters. The number of likely N-dealkylation sites (tertiary alicyclic amines) is 1. The minimum Gasteiger partial charge on any atom is -0.468 e. The molecule has 2 saturated heterocycles. The van der Waals surface area contributed by atoms with Gasteiger partial charge in [0.2, 0.25) is 11.8 Å². The van der Waals surface area contributed by atoms with Crippen LogP contribution in [0.5, 0.6) is 0 Å². The quantitative estimate of drug-likeness (QED) is 0.661. The zero-order valence-electron chi connectivity index (χ0n) is 13.7. The van der Waals surface area contributed by atoms with E-state index in [-0.39, 0.29) is 18.4 Å². The van der Waals surface area contributed by atoms with Crippen LogP contribution in [0.4, 0.5) is 0 Å². The smallest absolute Gasteiger partial charge is 0.326 e. The first kappa shape index (κ1) is 16.9. The SMILES string of the molecule is CCN1C(=O)[C@@H]2[C@@H](C1=O)[C@](C)(C(=O)OC)N[C@H]2c1ccc(Cl)cc1. The molecule has 2 heterocycles. The van der Waals surface area contributed by atoms with E-state index in [4.69, 9.17) is 16.3 Å². The van der Waals surface area contributed by atoms with Gasteiger partial charge in [-0.3, -0.25) is 24.6 Å². The monoisotopic (exact) mass is 350 g/mol. The van der Waals surface area contributed by atoms with Crippen molar-refractivity contribution in [2.45, 2.75) is 25.4 Å². The van der Waals surface area contributed by atoms with Crippen molar-refractivity contribution in [3.05, 3.63) is 34.9 Å². The lowest BCUT2D eigenvalue weighted by molar-refractivity contribution is -0.153. The van der Waals surface area contributed by atoms with Crippen LogP contribution in [0.25, 0.3) is 0 Å². The number of rotatable bonds is 3. The zero-order valence-corrected chi connectivity index (χ0v) is 14.5. The maximum absolute atomic E-state index is 12.8. The minimum absolute atomic E-state index is 0.257. The number of hydrogen-bond acceptors (Lipinski definition) is 5. The molecule has 24 heavy (non-hydrogen) atoms. The molecule has 128 valence electrons. The number of imide groups is 1. The maximum Gasteiger partial charge on any atom is 0.326 e. The summed E-state index contributed by atoms with van der Waals surface area (Å²) in [4.78, 5) is 39.1. The molecule has 4 atom stereocenters. The van der Waals surface area contributed by atoms with Crippen molar-refractivity contribution in [3.8, 4) is 0 Å². The van der Waals surface area contributed by atoms with Crippen LogP contribution in [0.15, 0.2) is 24.3 Å². The van der Waals surface area contributed by atoms with Gasteiger partial charge in [-0.2, -0.15) is 0 Å². The zero-order chi connectivity index (χ0) is 17.6. The second kappa shape index (κ2) is 5.86. The van der Waals surface area contributed by atoms with Crippen molar-refractivity contribution < 1.29 is 19.1 Å². The molecule has 1 aromatic rings. The van der Waals surface area contributed by atoms with Crippen LogP contribution >= 0.6 is 11.6 Å². The highest BCUT2D eigenvalue weighted by atomic mass is 35.5. The Kier molecular flexibility index (Phi) is 4.13. The van der Waals surface area contributed by atoms with Gasteiger partial charge in [0.05, 0.1) is 18.9 Å². The van der Waals surface area contributed by atoms with Crippen LogP contribution in [-0.2, 0) is 19.1 Å². The fraction of sp³-hybridized carbons (Fsp3) is 0.471. The van der Waals surface area contributed by atoms with Crippen molar-refractivity contribution in [2.24, 2.45) is 11.8 Å². The largest absolute Gasteiger partial charge is 0.468 e. The molecule has 2 aliphatic rings. The van der Waals surface area contributed by atoms with Crippen molar-refractivity contribution in [3.63, 3.8) is 0 Å². The number of fused-ring (bicyclic) bond motifs is 1. The van der Waals surface area contributed by atoms with E-state index in [0.717, 1.165) is 5.56 Å². The Balaban J connectivity index is 2.09. The molecule has 3 rings (SSSR count). The van der Waals surface area contributed by atoms with E-state index in [2.05, 4.69) is 5.32 Å². The average molecular weight is 351 g/mol. The van der Waals surface area contributed by atoms with E-state index in [0.29, 0.717) is 5.02 Å². The highest BCUT2D eigenvalue weighted by molar-refractivity contribution is 6.30. The Morgan fingerprint density at radius 2 is 1.92 bits per heavy atom. The lowest BCUT2D eigenvalue weighted by Gasteiger charge is -2.28. The highest BCUT2D eigenvalue weighted by Crippen LogP contribution is 2.48. The number of methoxy groups -OCH3 is 1. The summed E-state index contributed by atoms with van der Waals surface area (Å²) in [6.07, 6.45) is 0. The first-order valence-electron chi connectivity index (χ1n) is 7.82. The predicted molar refractivity (Wildman–Crippen MR) is 87.1 cm³/mol. The number of nitrogens with one attached hydrogen (secondary N) is 1. The number of halogens is 1. The molecule has 0 aromatic heterocycles. The Hall–Kier alpha value is -1.92. The molecule has 6 nitrogen and oxygen atoms in total. The van der Waals surface area contributed by atoms with E-state index < -0.39 is 29.4 Å². The second-order valence-electron chi connectivity index (χ2n) is 6.29. The first-order valence-corrected chi connectivity index (χ1v) is 8.19. The molecule has 0 aliphatic carbocycles. The number of carbonyl (C=O) groups excluding carboxylic acids is 3. The maximum atomic E-state index is 12.8. The summed E-state index contributed by atoms with van der Waals surface area (Å²) in [6, 6.07) is 6.59. The van der Waals surface area contributed by atoms with Crippen LogP contribution < -0.4 is 5.32 Å². The molecule has 0 spiro atoms. The summed E-state index contributed by atoms with van der Waals surface area (Å²) in [5.74, 6) is -2.55. The van der Waals surface area contributed by atoms with Crippen molar-refractivity contribution in [2.75, 3.05) is 13.7 Å². The van der Waals surface area contributed by atoms with Gasteiger partial charge in [-0.25, -0.2) is 0 Å². The third-order valence-electron chi connectivity index (χ3n) is 5.03. The summed E-state index contributed by atoms with van der Waals surface area (Å²) >= 11 is 5.93. The second-order valence-corrected chi connectivity index (χ2v) is 6.73. The van der Waals surface area contributed by atoms with Crippen LogP contribution in [0.2, 0.25) is 5.02 Å². The van der Waals surface area contributed by atoms with Gasteiger partial charge in [0.15, 0.2) is 0 Å². The molecule has 0 radical (unpaired) electrons. The molecule has 2 amide bonds. The number of benzene rings is 1. The van der Waals surface area contributed by atoms with E-state index >= 15 is 0 Å². The van der Waals surface area contributed by atoms with Gasteiger partial charge in [-0.1, -0.05) is 23.7 Å². The van der Waals surface area contributed by atoms with Crippen molar-refractivity contribution >= 4 is 29.4 Å². The standard InChI is InChI=1S/C17H19ClN2O4/c1-4-20-14(21)11-12(15(20)22)17(2,16(23)24-3)19-13(11)9-5-7-10(18)8-6-9/h5-8,11-13,19H,4H2,1-3H3/t11-,12+,13+,17-/m1/s1. The number of ether oxygens (including phenoxy) is 1. The van der Waals surface area contributed by atoms with Crippen LogP contribution in [0.3, 0.4) is 0 Å². The Morgan fingerprint density at radius 1 is 1.29 bits per heavy atom. The summed E-state index contributed by atoms with van der Waals surface area (Å²) in [5.41, 5.74) is -0.443. The van der Waals surface area contributed by atoms with Crippen LogP contribution in [0, 0.1) is 11.8 Å². The molecule has 2 aliphatic heterocycles. The van der Waals surface area contributed by atoms with Gasteiger partial charge in [0, 0.05) is 17.6 Å². The molecule has 0 bridgehead atoms. The lowest BCUT2D eigenvalue weighted by atomic mass is 9.80. The molecule has 7 heteroatoms. The van der Waals surface area contributed by atoms with Crippen molar-refractivity contribution in [1.82, 2.24) is 10.2 Å². The number of carbonyl (C=O) groups is 3.